The summed E-state index contributed by atoms with van der Waals surface area (Å²) < 4.78 is 5.09. The van der Waals surface area contributed by atoms with Crippen molar-refractivity contribution in [3.8, 4) is 0 Å². The van der Waals surface area contributed by atoms with Crippen LogP contribution in [0.3, 0.4) is 0 Å². The van der Waals surface area contributed by atoms with E-state index in [1.165, 1.54) is 0 Å². The Labute approximate surface area is 157 Å². The van der Waals surface area contributed by atoms with Gasteiger partial charge in [-0.15, -0.1) is 0 Å². The molecule has 1 aliphatic carbocycles. The molecular weight excluding hydrogens is 346 g/mol. The highest BCUT2D eigenvalue weighted by atomic mass is 16.5. The molecule has 0 aliphatic heterocycles. The maximum atomic E-state index is 11.7. The van der Waals surface area contributed by atoms with E-state index in [4.69, 9.17) is 4.74 Å². The Kier molecular flexibility index (Phi) is 6.21. The van der Waals surface area contributed by atoms with Crippen LogP contribution in [0, 0.1) is 0 Å². The minimum absolute atomic E-state index is 0.116. The van der Waals surface area contributed by atoms with E-state index in [2.05, 4.69) is 5.32 Å². The molecule has 0 saturated heterocycles. The highest BCUT2D eigenvalue weighted by Gasteiger charge is 2.23. The third-order valence-corrected chi connectivity index (χ3v) is 4.68. The summed E-state index contributed by atoms with van der Waals surface area (Å²) in [5.41, 5.74) is 3.07. The molecule has 27 heavy (non-hydrogen) atoms. The van der Waals surface area contributed by atoms with E-state index in [0.29, 0.717) is 24.0 Å². The van der Waals surface area contributed by atoms with Crippen LogP contribution < -0.4 is 5.32 Å². The number of carbonyl (C=O) groups excluding carboxylic acids is 2. The molecule has 0 saturated carbocycles. The second kappa shape index (κ2) is 8.79. The first kappa shape index (κ1) is 19.1. The van der Waals surface area contributed by atoms with Gasteiger partial charge < -0.3 is 20.3 Å². The molecule has 0 heterocycles. The summed E-state index contributed by atoms with van der Waals surface area (Å²) in [5, 5.41) is 23.1. The standard InChI is InChI=1S/C21H23NO5/c23-18-9-7-15-12-16(6-8-17(15)18)20(25)19(24)10-11-22-21(26)27-13-14-4-2-1-3-5-14/h1-6,8,12,19-20,24-25H,7,9-11,13H2,(H,22,26). The minimum atomic E-state index is -1.08. The number of hydrogen-bond donors (Lipinski definition) is 3. The second-order valence-electron chi connectivity index (χ2n) is 6.63. The van der Waals surface area contributed by atoms with Crippen LogP contribution in [0.1, 0.15) is 46.0 Å². The summed E-state index contributed by atoms with van der Waals surface area (Å²) in [4.78, 5) is 23.4. The number of ketones is 1. The fourth-order valence-electron chi connectivity index (χ4n) is 3.14. The van der Waals surface area contributed by atoms with Gasteiger partial charge >= 0.3 is 6.09 Å². The lowest BCUT2D eigenvalue weighted by Crippen LogP contribution is -2.29. The predicted molar refractivity (Wildman–Crippen MR) is 99.3 cm³/mol. The Hall–Kier alpha value is -2.70. The van der Waals surface area contributed by atoms with Crippen LogP contribution in [0.15, 0.2) is 48.5 Å². The smallest absolute Gasteiger partial charge is 0.407 e. The summed E-state index contributed by atoms with van der Waals surface area (Å²) in [5.74, 6) is 0.116. The number of ether oxygens (including phenoxy) is 1. The van der Waals surface area contributed by atoms with Gasteiger partial charge in [0, 0.05) is 18.5 Å². The fraction of sp³-hybridized carbons (Fsp3) is 0.333. The zero-order chi connectivity index (χ0) is 19.2. The zero-order valence-corrected chi connectivity index (χ0v) is 14.9. The number of benzene rings is 2. The molecule has 2 aromatic carbocycles. The average Bonchev–Trinajstić information content (AvgIpc) is 3.06. The van der Waals surface area contributed by atoms with Crippen molar-refractivity contribution >= 4 is 11.9 Å². The first-order valence-corrected chi connectivity index (χ1v) is 9.01. The van der Waals surface area contributed by atoms with Crippen molar-refractivity contribution in [1.29, 1.82) is 0 Å². The van der Waals surface area contributed by atoms with Crippen molar-refractivity contribution in [3.05, 3.63) is 70.8 Å². The molecule has 3 rings (SSSR count). The number of rotatable bonds is 7. The summed E-state index contributed by atoms with van der Waals surface area (Å²) in [6, 6.07) is 14.5. The predicted octanol–water partition coefficient (Wildman–Crippen LogP) is 2.53. The average molecular weight is 369 g/mol. The maximum absolute atomic E-state index is 11.7. The van der Waals surface area contributed by atoms with Crippen LogP contribution in [0.4, 0.5) is 4.79 Å². The molecule has 0 fully saturated rings. The first-order valence-electron chi connectivity index (χ1n) is 9.01. The van der Waals surface area contributed by atoms with Gasteiger partial charge in [-0.05, 0) is 29.5 Å². The van der Waals surface area contributed by atoms with Crippen molar-refractivity contribution in [3.63, 3.8) is 0 Å². The molecule has 0 bridgehead atoms. The highest BCUT2D eigenvalue weighted by Crippen LogP contribution is 2.27. The topological polar surface area (TPSA) is 95.9 Å². The summed E-state index contributed by atoms with van der Waals surface area (Å²) >= 11 is 0. The molecule has 1 amide bonds. The molecule has 0 spiro atoms. The molecule has 1 aliphatic rings. The Balaban J connectivity index is 1.43. The summed E-state index contributed by atoms with van der Waals surface area (Å²) in [6.45, 7) is 0.348. The van der Waals surface area contributed by atoms with Crippen LogP contribution in [-0.4, -0.2) is 34.7 Å². The third kappa shape index (κ3) is 4.93. The van der Waals surface area contributed by atoms with Gasteiger partial charge in [0.1, 0.15) is 12.7 Å². The van der Waals surface area contributed by atoms with Gasteiger partial charge in [-0.3, -0.25) is 4.79 Å². The highest BCUT2D eigenvalue weighted by molar-refractivity contribution is 6.00. The normalized spacial score (nSPS) is 15.1. The number of alkyl carbamates (subject to hydrolysis) is 1. The summed E-state index contributed by atoms with van der Waals surface area (Å²) in [6.07, 6.45) is -1.34. The number of carbonyl (C=O) groups is 2. The van der Waals surface area contributed by atoms with Crippen molar-refractivity contribution in [2.75, 3.05) is 6.54 Å². The molecule has 0 radical (unpaired) electrons. The minimum Gasteiger partial charge on any atom is -0.445 e. The lowest BCUT2D eigenvalue weighted by Gasteiger charge is -2.19. The van der Waals surface area contributed by atoms with E-state index in [1.54, 1.807) is 18.2 Å². The van der Waals surface area contributed by atoms with Crippen molar-refractivity contribution in [2.24, 2.45) is 0 Å². The SMILES string of the molecule is O=C(NCCC(O)C(O)c1ccc2c(c1)CCC2=O)OCc1ccccc1. The molecular formula is C21H23NO5. The number of amides is 1. The monoisotopic (exact) mass is 369 g/mol. The van der Waals surface area contributed by atoms with Gasteiger partial charge in [-0.1, -0.05) is 48.5 Å². The van der Waals surface area contributed by atoms with E-state index < -0.39 is 18.3 Å². The van der Waals surface area contributed by atoms with Gasteiger partial charge in [-0.25, -0.2) is 4.79 Å². The molecule has 2 atom stereocenters. The number of hydrogen-bond acceptors (Lipinski definition) is 5. The maximum Gasteiger partial charge on any atom is 0.407 e. The molecule has 2 aromatic rings. The van der Waals surface area contributed by atoms with Crippen LogP contribution >= 0.6 is 0 Å². The van der Waals surface area contributed by atoms with E-state index >= 15 is 0 Å². The van der Waals surface area contributed by atoms with Gasteiger partial charge in [-0.2, -0.15) is 0 Å². The largest absolute Gasteiger partial charge is 0.445 e. The molecule has 2 unspecified atom stereocenters. The van der Waals surface area contributed by atoms with Crippen molar-refractivity contribution in [2.45, 2.75) is 38.1 Å². The Morgan fingerprint density at radius 2 is 1.89 bits per heavy atom. The second-order valence-corrected chi connectivity index (χ2v) is 6.63. The van der Waals surface area contributed by atoms with Gasteiger partial charge in [0.25, 0.3) is 0 Å². The van der Waals surface area contributed by atoms with Gasteiger partial charge in [0.2, 0.25) is 0 Å². The van der Waals surface area contributed by atoms with Crippen LogP contribution in [0.2, 0.25) is 0 Å². The Morgan fingerprint density at radius 1 is 1.11 bits per heavy atom. The van der Waals surface area contributed by atoms with E-state index in [-0.39, 0.29) is 25.4 Å². The number of nitrogens with one attached hydrogen (secondary N) is 1. The van der Waals surface area contributed by atoms with Crippen LogP contribution in [0.5, 0.6) is 0 Å². The number of aryl methyl sites for hydroxylation is 1. The molecule has 3 N–H and O–H groups in total. The molecule has 0 aromatic heterocycles. The molecule has 142 valence electrons. The number of fused-ring (bicyclic) bond motifs is 1. The van der Waals surface area contributed by atoms with E-state index in [9.17, 15) is 19.8 Å². The fourth-order valence-corrected chi connectivity index (χ4v) is 3.14. The van der Waals surface area contributed by atoms with Crippen LogP contribution in [-0.2, 0) is 17.8 Å². The van der Waals surface area contributed by atoms with Crippen LogP contribution in [0.25, 0.3) is 0 Å². The molecule has 6 nitrogen and oxygen atoms in total. The van der Waals surface area contributed by atoms with Crippen molar-refractivity contribution < 1.29 is 24.5 Å². The lowest BCUT2D eigenvalue weighted by molar-refractivity contribution is 0.0136. The Morgan fingerprint density at radius 3 is 2.67 bits per heavy atom. The summed E-state index contributed by atoms with van der Waals surface area (Å²) in [7, 11) is 0. The van der Waals surface area contributed by atoms with E-state index in [1.807, 2.05) is 30.3 Å². The number of aliphatic hydroxyl groups is 2. The number of aliphatic hydroxyl groups excluding tert-OH is 2. The van der Waals surface area contributed by atoms with Crippen molar-refractivity contribution in [1.82, 2.24) is 5.32 Å². The first-order chi connectivity index (χ1) is 13.0. The Bertz CT molecular complexity index is 805. The zero-order valence-electron chi connectivity index (χ0n) is 14.9. The molecule has 6 heteroatoms. The van der Waals surface area contributed by atoms with Gasteiger partial charge in [0.15, 0.2) is 5.78 Å². The quantitative estimate of drug-likeness (QED) is 0.697. The number of Topliss-reactive ketones (excluding diaryl/α,β-unsaturated/α-hetero) is 1. The van der Waals surface area contributed by atoms with Gasteiger partial charge in [0.05, 0.1) is 6.10 Å². The van der Waals surface area contributed by atoms with E-state index in [0.717, 1.165) is 11.1 Å². The lowest BCUT2D eigenvalue weighted by atomic mass is 9.98. The third-order valence-electron chi connectivity index (χ3n) is 4.68.